The molecule has 3 heterocycles. The van der Waals surface area contributed by atoms with E-state index in [0.717, 1.165) is 38.1 Å². The predicted molar refractivity (Wildman–Crippen MR) is 107 cm³/mol. The smallest absolute Gasteiger partial charge is 0.257 e. The van der Waals surface area contributed by atoms with E-state index in [2.05, 4.69) is 36.1 Å². The predicted octanol–water partition coefficient (Wildman–Crippen LogP) is 3.43. The Bertz CT molecular complexity index is 813. The maximum atomic E-state index is 13.2. The second-order valence-corrected chi connectivity index (χ2v) is 8.08. The van der Waals surface area contributed by atoms with Gasteiger partial charge in [0.15, 0.2) is 0 Å². The molecule has 0 radical (unpaired) electrons. The van der Waals surface area contributed by atoms with E-state index < -0.39 is 0 Å². The van der Waals surface area contributed by atoms with Crippen LogP contribution in [0, 0.1) is 5.92 Å². The summed E-state index contributed by atoms with van der Waals surface area (Å²) in [6.07, 6.45) is 4.79. The van der Waals surface area contributed by atoms with Gasteiger partial charge in [-0.25, -0.2) is 0 Å². The SMILES string of the molecule is CC(N)C1CCCN(C(=O)c2ccoc2CN2c3ccccc3CC2C)C1. The molecule has 0 saturated carbocycles. The van der Waals surface area contributed by atoms with E-state index in [1.165, 1.54) is 11.3 Å². The topological polar surface area (TPSA) is 62.7 Å². The van der Waals surface area contributed by atoms with Gasteiger partial charge < -0.3 is 20.0 Å². The summed E-state index contributed by atoms with van der Waals surface area (Å²) in [7, 11) is 0. The number of carbonyl (C=O) groups is 1. The Morgan fingerprint density at radius 2 is 2.15 bits per heavy atom. The van der Waals surface area contributed by atoms with Gasteiger partial charge in [-0.3, -0.25) is 4.79 Å². The van der Waals surface area contributed by atoms with Gasteiger partial charge >= 0.3 is 0 Å². The number of furan rings is 1. The number of anilines is 1. The molecule has 1 aromatic carbocycles. The number of piperidine rings is 1. The van der Waals surface area contributed by atoms with E-state index in [-0.39, 0.29) is 11.9 Å². The number of hydrogen-bond donors (Lipinski definition) is 1. The van der Waals surface area contributed by atoms with E-state index >= 15 is 0 Å². The summed E-state index contributed by atoms with van der Waals surface area (Å²) in [5, 5.41) is 0. The standard InChI is InChI=1S/C22H29N3O2/c1-15-12-17-6-3-4-8-20(17)25(15)14-21-19(9-11-27-21)22(26)24-10-5-7-18(13-24)16(2)23/h3-4,6,8-9,11,15-16,18H,5,7,10,12-14,23H2,1-2H3. The molecule has 3 unspecified atom stereocenters. The highest BCUT2D eigenvalue weighted by Gasteiger charge is 2.31. The molecule has 0 bridgehead atoms. The minimum absolute atomic E-state index is 0.0734. The van der Waals surface area contributed by atoms with Gasteiger partial charge in [0.25, 0.3) is 5.91 Å². The van der Waals surface area contributed by atoms with Gasteiger partial charge in [0.05, 0.1) is 18.4 Å². The fraction of sp³-hybridized carbons (Fsp3) is 0.500. The number of nitrogens with zero attached hydrogens (tertiary/aromatic N) is 2. The molecule has 1 aromatic heterocycles. The quantitative estimate of drug-likeness (QED) is 0.899. The molecule has 3 atom stereocenters. The maximum Gasteiger partial charge on any atom is 0.257 e. The van der Waals surface area contributed by atoms with Crippen molar-refractivity contribution in [2.45, 2.75) is 51.7 Å². The van der Waals surface area contributed by atoms with E-state index in [9.17, 15) is 4.79 Å². The first kappa shape index (κ1) is 18.1. The highest BCUT2D eigenvalue weighted by Crippen LogP contribution is 2.34. The van der Waals surface area contributed by atoms with Gasteiger partial charge in [0.2, 0.25) is 0 Å². The zero-order chi connectivity index (χ0) is 19.0. The number of rotatable bonds is 4. The number of para-hydroxylation sites is 1. The molecule has 2 aliphatic rings. The zero-order valence-electron chi connectivity index (χ0n) is 16.2. The van der Waals surface area contributed by atoms with Crippen LogP contribution in [0.2, 0.25) is 0 Å². The van der Waals surface area contributed by atoms with Crippen molar-refractivity contribution >= 4 is 11.6 Å². The normalized spacial score (nSPS) is 23.4. The lowest BCUT2D eigenvalue weighted by Crippen LogP contribution is -2.45. The lowest BCUT2D eigenvalue weighted by molar-refractivity contribution is 0.0658. The number of carbonyl (C=O) groups excluding carboxylic acids is 1. The first-order chi connectivity index (χ1) is 13.0. The van der Waals surface area contributed by atoms with Crippen LogP contribution in [-0.4, -0.2) is 36.0 Å². The third-order valence-corrected chi connectivity index (χ3v) is 6.13. The van der Waals surface area contributed by atoms with Crippen molar-refractivity contribution in [1.82, 2.24) is 4.90 Å². The van der Waals surface area contributed by atoms with Crippen LogP contribution in [0.3, 0.4) is 0 Å². The Kier molecular flexibility index (Phi) is 4.96. The Morgan fingerprint density at radius 1 is 1.33 bits per heavy atom. The summed E-state index contributed by atoms with van der Waals surface area (Å²) in [5.74, 6) is 1.21. The van der Waals surface area contributed by atoms with E-state index in [1.54, 1.807) is 6.26 Å². The molecule has 2 aromatic rings. The van der Waals surface area contributed by atoms with Crippen LogP contribution in [0.25, 0.3) is 0 Å². The van der Waals surface area contributed by atoms with Crippen LogP contribution in [0.15, 0.2) is 41.0 Å². The molecule has 5 nitrogen and oxygen atoms in total. The third kappa shape index (κ3) is 3.48. The summed E-state index contributed by atoms with van der Waals surface area (Å²) in [6, 6.07) is 10.8. The van der Waals surface area contributed by atoms with Gasteiger partial charge in [0, 0.05) is 30.9 Å². The molecule has 1 amide bonds. The van der Waals surface area contributed by atoms with Crippen LogP contribution in [0.1, 0.15) is 48.4 Å². The van der Waals surface area contributed by atoms with Crippen LogP contribution in [0.4, 0.5) is 5.69 Å². The lowest BCUT2D eigenvalue weighted by Gasteiger charge is -2.34. The molecule has 4 rings (SSSR count). The van der Waals surface area contributed by atoms with Gasteiger partial charge in [-0.2, -0.15) is 0 Å². The molecule has 27 heavy (non-hydrogen) atoms. The van der Waals surface area contributed by atoms with Crippen molar-refractivity contribution in [2.75, 3.05) is 18.0 Å². The van der Waals surface area contributed by atoms with Gasteiger partial charge in [-0.15, -0.1) is 0 Å². The monoisotopic (exact) mass is 367 g/mol. The van der Waals surface area contributed by atoms with Crippen LogP contribution in [-0.2, 0) is 13.0 Å². The highest BCUT2D eigenvalue weighted by molar-refractivity contribution is 5.95. The zero-order valence-corrected chi connectivity index (χ0v) is 16.2. The Hall–Kier alpha value is -2.27. The summed E-state index contributed by atoms with van der Waals surface area (Å²) in [4.78, 5) is 17.4. The third-order valence-electron chi connectivity index (χ3n) is 6.13. The summed E-state index contributed by atoms with van der Waals surface area (Å²) >= 11 is 0. The molecule has 2 N–H and O–H groups in total. The molecular weight excluding hydrogens is 338 g/mol. The van der Waals surface area contributed by atoms with Crippen LogP contribution < -0.4 is 10.6 Å². The minimum atomic E-state index is 0.0734. The molecular formula is C22H29N3O2. The number of amides is 1. The molecule has 0 aliphatic carbocycles. The van der Waals surface area contributed by atoms with E-state index in [4.69, 9.17) is 10.2 Å². The molecule has 2 aliphatic heterocycles. The summed E-state index contributed by atoms with van der Waals surface area (Å²) in [6.45, 7) is 6.42. The van der Waals surface area contributed by atoms with Gasteiger partial charge in [-0.05, 0) is 56.7 Å². The second kappa shape index (κ2) is 7.39. The van der Waals surface area contributed by atoms with Gasteiger partial charge in [-0.1, -0.05) is 18.2 Å². The molecule has 0 spiro atoms. The summed E-state index contributed by atoms with van der Waals surface area (Å²) in [5.41, 5.74) is 9.38. The van der Waals surface area contributed by atoms with Crippen molar-refractivity contribution in [1.29, 1.82) is 0 Å². The van der Waals surface area contributed by atoms with Crippen molar-refractivity contribution in [3.05, 3.63) is 53.5 Å². The molecule has 1 fully saturated rings. The average molecular weight is 367 g/mol. The maximum absolute atomic E-state index is 13.2. The molecule has 5 heteroatoms. The lowest BCUT2D eigenvalue weighted by atomic mass is 9.92. The van der Waals surface area contributed by atoms with Crippen molar-refractivity contribution < 1.29 is 9.21 Å². The van der Waals surface area contributed by atoms with Crippen LogP contribution >= 0.6 is 0 Å². The number of benzene rings is 1. The van der Waals surface area contributed by atoms with Crippen molar-refractivity contribution in [3.63, 3.8) is 0 Å². The second-order valence-electron chi connectivity index (χ2n) is 8.08. The highest BCUT2D eigenvalue weighted by atomic mass is 16.3. The Balaban J connectivity index is 1.52. The Morgan fingerprint density at radius 3 is 2.96 bits per heavy atom. The fourth-order valence-corrected chi connectivity index (χ4v) is 4.47. The number of fused-ring (bicyclic) bond motifs is 1. The number of hydrogen-bond acceptors (Lipinski definition) is 4. The Labute approximate surface area is 161 Å². The number of nitrogens with two attached hydrogens (primary N) is 1. The van der Waals surface area contributed by atoms with Crippen molar-refractivity contribution in [2.24, 2.45) is 11.7 Å². The van der Waals surface area contributed by atoms with Gasteiger partial charge in [0.1, 0.15) is 5.76 Å². The average Bonchev–Trinajstić information content (AvgIpc) is 3.26. The van der Waals surface area contributed by atoms with E-state index in [1.807, 2.05) is 17.9 Å². The molecule has 144 valence electrons. The van der Waals surface area contributed by atoms with Crippen LogP contribution in [0.5, 0.6) is 0 Å². The summed E-state index contributed by atoms with van der Waals surface area (Å²) < 4.78 is 5.76. The molecule has 1 saturated heterocycles. The van der Waals surface area contributed by atoms with Crippen molar-refractivity contribution in [3.8, 4) is 0 Å². The first-order valence-electron chi connectivity index (χ1n) is 10.0. The number of likely N-dealkylation sites (tertiary alicyclic amines) is 1. The fourth-order valence-electron chi connectivity index (χ4n) is 4.47. The largest absolute Gasteiger partial charge is 0.467 e. The minimum Gasteiger partial charge on any atom is -0.467 e. The van der Waals surface area contributed by atoms with E-state index in [0.29, 0.717) is 24.1 Å². The first-order valence-corrected chi connectivity index (χ1v) is 10.0.